The molecule has 0 saturated carbocycles. The summed E-state index contributed by atoms with van der Waals surface area (Å²) in [4.78, 5) is 37.9. The Labute approximate surface area is 222 Å². The number of aliphatic hydroxyl groups excluding tert-OH is 1. The van der Waals surface area contributed by atoms with E-state index in [0.717, 1.165) is 19.3 Å². The van der Waals surface area contributed by atoms with E-state index >= 15 is 0 Å². The lowest BCUT2D eigenvalue weighted by Crippen LogP contribution is -2.26. The van der Waals surface area contributed by atoms with Crippen molar-refractivity contribution in [3.63, 3.8) is 0 Å². The maximum Gasteiger partial charge on any atom is 0.202 e. The van der Waals surface area contributed by atoms with E-state index < -0.39 is 17.9 Å². The highest BCUT2D eigenvalue weighted by Crippen LogP contribution is 2.47. The highest BCUT2D eigenvalue weighted by Gasteiger charge is 2.40. The summed E-state index contributed by atoms with van der Waals surface area (Å²) in [7, 11) is 5.15. The van der Waals surface area contributed by atoms with Crippen LogP contribution < -0.4 is 10.1 Å². The number of rotatable bonds is 2. The SMILES string of the molecule is CNC.COc1cccc2c1C(=O)c1c(O)c3c(c(O)c1C2=O)C[C@@H](C(C)=O)CC3.C[C@H]1CCCC(O)O1. The molecule has 1 fully saturated rings. The van der Waals surface area contributed by atoms with Crippen LogP contribution in [0.2, 0.25) is 0 Å². The zero-order valence-electron chi connectivity index (χ0n) is 22.6. The van der Waals surface area contributed by atoms with Gasteiger partial charge in [0, 0.05) is 22.6 Å². The normalized spacial score (nSPS) is 21.5. The van der Waals surface area contributed by atoms with Crippen LogP contribution in [0.25, 0.3) is 0 Å². The van der Waals surface area contributed by atoms with Crippen LogP contribution in [0.15, 0.2) is 18.2 Å². The van der Waals surface area contributed by atoms with E-state index in [1.807, 2.05) is 21.0 Å². The minimum Gasteiger partial charge on any atom is -0.507 e. The van der Waals surface area contributed by atoms with Gasteiger partial charge in [0.25, 0.3) is 0 Å². The molecule has 1 heterocycles. The molecule has 2 aromatic carbocycles. The Bertz CT molecular complexity index is 1210. The summed E-state index contributed by atoms with van der Waals surface area (Å²) in [5, 5.41) is 33.2. The summed E-state index contributed by atoms with van der Waals surface area (Å²) < 4.78 is 10.3. The van der Waals surface area contributed by atoms with Crippen LogP contribution in [0.3, 0.4) is 0 Å². The van der Waals surface area contributed by atoms with Gasteiger partial charge in [0.15, 0.2) is 12.1 Å². The van der Waals surface area contributed by atoms with Gasteiger partial charge in [0.05, 0.1) is 29.9 Å². The third-order valence-electron chi connectivity index (χ3n) is 7.05. The minimum atomic E-state index is -0.554. The standard InChI is InChI=1S/C21H18O6.C6H12O2.C2H7N/c1-9(22)10-6-7-11-13(8-10)20(25)16-17(18(11)23)21(26)15-12(19(16)24)4-3-5-14(15)27-2;1-5-3-2-4-6(7)8-5;1-3-2/h3-5,10,23,25H,6-8H2,1-2H3;5-7H,2-4H2,1H3;3H,1-2H3/t10-;5-,6?;/m00./s1. The van der Waals surface area contributed by atoms with Gasteiger partial charge in [0.1, 0.15) is 23.0 Å². The predicted molar refractivity (Wildman–Crippen MR) is 141 cm³/mol. The van der Waals surface area contributed by atoms with Crippen LogP contribution in [0.1, 0.15) is 82.5 Å². The van der Waals surface area contributed by atoms with Gasteiger partial charge in [-0.05, 0) is 72.5 Å². The summed E-state index contributed by atoms with van der Waals surface area (Å²) in [6.07, 6.45) is 3.90. The Morgan fingerprint density at radius 1 is 1.00 bits per heavy atom. The number of aliphatic hydroxyl groups is 1. The molecular weight excluding hydrogens is 490 g/mol. The molecule has 9 nitrogen and oxygen atoms in total. The predicted octanol–water partition coefficient (Wildman–Crippen LogP) is 3.31. The van der Waals surface area contributed by atoms with Crippen molar-refractivity contribution in [1.82, 2.24) is 5.32 Å². The quantitative estimate of drug-likeness (QED) is 0.369. The van der Waals surface area contributed by atoms with Crippen LogP contribution in [0.5, 0.6) is 17.2 Å². The second-order valence-corrected chi connectivity index (χ2v) is 9.83. The largest absolute Gasteiger partial charge is 0.507 e. The monoisotopic (exact) mass is 527 g/mol. The molecule has 1 aliphatic heterocycles. The number of hydrogen-bond acceptors (Lipinski definition) is 9. The van der Waals surface area contributed by atoms with Gasteiger partial charge in [-0.3, -0.25) is 14.4 Å². The van der Waals surface area contributed by atoms with Gasteiger partial charge in [-0.2, -0.15) is 0 Å². The first-order valence-electron chi connectivity index (χ1n) is 12.9. The Kier molecular flexibility index (Phi) is 9.65. The van der Waals surface area contributed by atoms with Crippen LogP contribution in [0, 0.1) is 5.92 Å². The minimum absolute atomic E-state index is 0.00487. The van der Waals surface area contributed by atoms with Gasteiger partial charge in [-0.15, -0.1) is 0 Å². The van der Waals surface area contributed by atoms with Crippen molar-refractivity contribution in [2.24, 2.45) is 5.92 Å². The number of nitrogens with one attached hydrogen (secondary N) is 1. The van der Waals surface area contributed by atoms with Crippen molar-refractivity contribution in [2.75, 3.05) is 21.2 Å². The molecule has 1 saturated heterocycles. The van der Waals surface area contributed by atoms with Crippen LogP contribution in [-0.4, -0.2) is 66.3 Å². The maximum absolute atomic E-state index is 13.1. The number of fused-ring (bicyclic) bond motifs is 3. The molecule has 0 bridgehead atoms. The van der Waals surface area contributed by atoms with Gasteiger partial charge < -0.3 is 30.1 Å². The smallest absolute Gasteiger partial charge is 0.202 e. The molecule has 2 aliphatic carbocycles. The van der Waals surface area contributed by atoms with E-state index in [-0.39, 0.29) is 63.7 Å². The topological polar surface area (TPSA) is 142 Å². The van der Waals surface area contributed by atoms with Gasteiger partial charge in [-0.25, -0.2) is 0 Å². The number of Topliss-reactive ketones (excluding diaryl/α,β-unsaturated/α-hetero) is 1. The fourth-order valence-electron chi connectivity index (χ4n) is 5.14. The van der Waals surface area contributed by atoms with Crippen molar-refractivity contribution in [3.8, 4) is 17.2 Å². The summed E-state index contributed by atoms with van der Waals surface area (Å²) >= 11 is 0. The molecule has 9 heteroatoms. The molecule has 0 radical (unpaired) electrons. The number of phenolic OH excluding ortho intramolecular Hbond substituents is 2. The summed E-state index contributed by atoms with van der Waals surface area (Å²) in [6.45, 7) is 3.48. The number of benzene rings is 2. The Morgan fingerprint density at radius 3 is 2.18 bits per heavy atom. The van der Waals surface area contributed by atoms with Gasteiger partial charge in [-0.1, -0.05) is 12.1 Å². The molecule has 0 spiro atoms. The van der Waals surface area contributed by atoms with E-state index in [0.29, 0.717) is 24.0 Å². The molecule has 4 N–H and O–H groups in total. The van der Waals surface area contributed by atoms with Crippen molar-refractivity contribution >= 4 is 17.3 Å². The number of aromatic hydroxyl groups is 2. The highest BCUT2D eigenvalue weighted by molar-refractivity contribution is 6.31. The fraction of sp³-hybridized carbons (Fsp3) is 0.483. The van der Waals surface area contributed by atoms with Crippen LogP contribution >= 0.6 is 0 Å². The highest BCUT2D eigenvalue weighted by atomic mass is 16.6. The lowest BCUT2D eigenvalue weighted by atomic mass is 9.75. The third kappa shape index (κ3) is 5.75. The fourth-order valence-corrected chi connectivity index (χ4v) is 5.14. The Morgan fingerprint density at radius 2 is 1.63 bits per heavy atom. The van der Waals surface area contributed by atoms with E-state index in [4.69, 9.17) is 14.6 Å². The second-order valence-electron chi connectivity index (χ2n) is 9.83. The first kappa shape index (κ1) is 29.3. The van der Waals surface area contributed by atoms with Crippen molar-refractivity contribution in [1.29, 1.82) is 0 Å². The summed E-state index contributed by atoms with van der Waals surface area (Å²) in [6, 6.07) is 4.66. The number of carbonyl (C=O) groups excluding carboxylic acids is 3. The zero-order valence-corrected chi connectivity index (χ0v) is 22.6. The average molecular weight is 528 g/mol. The Balaban J connectivity index is 0.000000305. The molecule has 3 atom stereocenters. The first-order chi connectivity index (χ1) is 18.1. The van der Waals surface area contributed by atoms with E-state index in [9.17, 15) is 24.6 Å². The Hall–Kier alpha value is -3.27. The van der Waals surface area contributed by atoms with E-state index in [2.05, 4.69) is 5.32 Å². The molecule has 0 aromatic heterocycles. The summed E-state index contributed by atoms with van der Waals surface area (Å²) in [5.41, 5.74) is 0.647. The molecule has 0 amide bonds. The second kappa shape index (κ2) is 12.5. The zero-order chi connectivity index (χ0) is 28.1. The van der Waals surface area contributed by atoms with E-state index in [1.54, 1.807) is 12.1 Å². The number of phenols is 2. The van der Waals surface area contributed by atoms with E-state index in [1.165, 1.54) is 20.1 Å². The average Bonchev–Trinajstić information content (AvgIpc) is 2.89. The number of ketones is 3. The molecule has 1 unspecified atom stereocenters. The molecular formula is C29H37NO8. The number of ether oxygens (including phenoxy) is 2. The maximum atomic E-state index is 13.1. The third-order valence-corrected chi connectivity index (χ3v) is 7.05. The molecule has 38 heavy (non-hydrogen) atoms. The van der Waals surface area contributed by atoms with Crippen molar-refractivity contribution in [3.05, 3.63) is 51.6 Å². The van der Waals surface area contributed by atoms with Gasteiger partial charge in [0.2, 0.25) is 5.78 Å². The molecule has 206 valence electrons. The van der Waals surface area contributed by atoms with Crippen molar-refractivity contribution < 1.29 is 39.2 Å². The molecule has 3 aliphatic rings. The lowest BCUT2D eigenvalue weighted by Gasteiger charge is -2.29. The van der Waals surface area contributed by atoms with Gasteiger partial charge >= 0.3 is 0 Å². The van der Waals surface area contributed by atoms with Crippen molar-refractivity contribution in [2.45, 2.75) is 64.8 Å². The number of carbonyl (C=O) groups is 3. The summed E-state index contributed by atoms with van der Waals surface area (Å²) in [5.74, 6) is -1.73. The van der Waals surface area contributed by atoms with Crippen LogP contribution in [-0.2, 0) is 22.4 Å². The lowest BCUT2D eigenvalue weighted by molar-refractivity contribution is -0.156. The molecule has 5 rings (SSSR count). The van der Waals surface area contributed by atoms with Crippen LogP contribution in [0.4, 0.5) is 0 Å². The number of hydrogen-bond donors (Lipinski definition) is 4. The first-order valence-corrected chi connectivity index (χ1v) is 12.9. The number of methoxy groups -OCH3 is 1. The molecule has 2 aromatic rings.